The Morgan fingerprint density at radius 3 is 1.48 bits per heavy atom. The second kappa shape index (κ2) is 24.6. The quantitative estimate of drug-likeness (QED) is 0.0501. The summed E-state index contributed by atoms with van der Waals surface area (Å²) in [5.41, 5.74) is 3.38. The minimum absolute atomic E-state index is 0.0458. The van der Waals surface area contributed by atoms with Gasteiger partial charge in [-0.05, 0) is 41.0 Å². The Bertz CT molecular complexity index is 2160. The summed E-state index contributed by atoms with van der Waals surface area (Å²) >= 11 is 0. The van der Waals surface area contributed by atoms with Crippen LogP contribution in [0.15, 0.2) is 164 Å². The number of hydrogen-bond donors (Lipinski definition) is 0. The molecule has 65 heavy (non-hydrogen) atoms. The van der Waals surface area contributed by atoms with E-state index in [-0.39, 0.29) is 39.6 Å². The van der Waals surface area contributed by atoms with Crippen LogP contribution in [0.3, 0.4) is 0 Å². The van der Waals surface area contributed by atoms with E-state index >= 15 is 0 Å². The van der Waals surface area contributed by atoms with Gasteiger partial charge in [-0.15, -0.1) is 6.58 Å². The van der Waals surface area contributed by atoms with E-state index in [2.05, 4.69) is 6.58 Å². The lowest BCUT2D eigenvalue weighted by molar-refractivity contribution is -0.370. The molecule has 0 bridgehead atoms. The molecule has 0 spiro atoms. The lowest BCUT2D eigenvalue weighted by atomic mass is 9.96. The van der Waals surface area contributed by atoms with Gasteiger partial charge in [0.05, 0.1) is 44.2 Å². The molecule has 13 heteroatoms. The van der Waals surface area contributed by atoms with Gasteiger partial charge in [0.2, 0.25) is 0 Å². The van der Waals surface area contributed by atoms with Crippen molar-refractivity contribution in [3.8, 4) is 0 Å². The van der Waals surface area contributed by atoms with Crippen LogP contribution in [-0.4, -0.2) is 107 Å². The molecule has 7 rings (SSSR count). The van der Waals surface area contributed by atoms with E-state index in [1.165, 1.54) is 7.11 Å². The lowest BCUT2D eigenvalue weighted by Crippen LogP contribution is -2.66. The number of esters is 2. The third-order valence-corrected chi connectivity index (χ3v) is 11.0. The fraction of sp³-hybridized carbons (Fsp3) is 0.346. The summed E-state index contributed by atoms with van der Waals surface area (Å²) in [5, 5.41) is 0. The molecular formula is C52H56O13. The van der Waals surface area contributed by atoms with Crippen molar-refractivity contribution < 1.29 is 61.7 Å². The molecule has 0 amide bonds. The maximum Gasteiger partial charge on any atom is 0.338 e. The summed E-state index contributed by atoms with van der Waals surface area (Å²) < 4.78 is 71.0. The number of methoxy groups -OCH3 is 2. The molecule has 2 saturated heterocycles. The van der Waals surface area contributed by atoms with Crippen LogP contribution in [-0.2, 0) is 71.9 Å². The second-order valence-corrected chi connectivity index (χ2v) is 15.4. The van der Waals surface area contributed by atoms with Crippen molar-refractivity contribution in [2.75, 3.05) is 34.0 Å². The molecule has 0 aliphatic carbocycles. The molecule has 2 fully saturated rings. The first-order valence-corrected chi connectivity index (χ1v) is 21.6. The monoisotopic (exact) mass is 888 g/mol. The highest BCUT2D eigenvalue weighted by Gasteiger charge is 2.55. The number of ether oxygens (including phenoxy) is 11. The maximum absolute atomic E-state index is 13.8. The predicted molar refractivity (Wildman–Crippen MR) is 238 cm³/mol. The van der Waals surface area contributed by atoms with E-state index < -0.39 is 73.4 Å². The third-order valence-electron chi connectivity index (χ3n) is 11.0. The van der Waals surface area contributed by atoms with Crippen LogP contribution in [0.4, 0.5) is 0 Å². The topological polar surface area (TPSA) is 136 Å². The molecule has 2 aliphatic heterocycles. The summed E-state index contributed by atoms with van der Waals surface area (Å²) in [4.78, 5) is 27.2. The number of carbonyl (C=O) groups is 2. The Kier molecular flexibility index (Phi) is 18.0. The van der Waals surface area contributed by atoms with Gasteiger partial charge < -0.3 is 52.1 Å². The fourth-order valence-corrected chi connectivity index (χ4v) is 7.76. The molecule has 2 aliphatic rings. The number of hydrogen-bond acceptors (Lipinski definition) is 13. The van der Waals surface area contributed by atoms with Crippen molar-refractivity contribution in [1.82, 2.24) is 0 Å². The van der Waals surface area contributed by atoms with Gasteiger partial charge in [0.1, 0.15) is 49.3 Å². The molecule has 0 aromatic heterocycles. The minimum atomic E-state index is -1.26. The van der Waals surface area contributed by atoms with Crippen molar-refractivity contribution in [1.29, 1.82) is 0 Å². The van der Waals surface area contributed by atoms with Gasteiger partial charge in [-0.3, -0.25) is 0 Å². The van der Waals surface area contributed by atoms with E-state index in [9.17, 15) is 9.59 Å². The summed E-state index contributed by atoms with van der Waals surface area (Å²) in [7, 11) is 3.05. The van der Waals surface area contributed by atoms with Crippen LogP contribution in [0, 0.1) is 0 Å². The average Bonchev–Trinajstić information content (AvgIpc) is 3.36. The summed E-state index contributed by atoms with van der Waals surface area (Å²) in [6.07, 6.45) is -8.34. The van der Waals surface area contributed by atoms with Crippen LogP contribution in [0.2, 0.25) is 0 Å². The smallest absolute Gasteiger partial charge is 0.338 e. The second-order valence-electron chi connectivity index (χ2n) is 15.4. The van der Waals surface area contributed by atoms with Crippen LogP contribution in [0.1, 0.15) is 37.4 Å². The molecule has 5 aromatic carbocycles. The van der Waals surface area contributed by atoms with Gasteiger partial charge in [0, 0.05) is 14.2 Å². The first-order chi connectivity index (χ1) is 31.9. The fourth-order valence-electron chi connectivity index (χ4n) is 7.76. The normalized spacial score (nSPS) is 25.3. The Labute approximate surface area is 380 Å². The van der Waals surface area contributed by atoms with Crippen LogP contribution < -0.4 is 0 Å². The Morgan fingerprint density at radius 2 is 0.954 bits per heavy atom. The largest absolute Gasteiger partial charge is 0.459 e. The maximum atomic E-state index is 13.8. The van der Waals surface area contributed by atoms with E-state index in [1.54, 1.807) is 73.8 Å². The molecule has 0 radical (unpaired) electrons. The van der Waals surface area contributed by atoms with Crippen molar-refractivity contribution >= 4 is 11.9 Å². The zero-order chi connectivity index (χ0) is 45.2. The zero-order valence-electron chi connectivity index (χ0n) is 36.5. The average molecular weight is 889 g/mol. The molecule has 0 unspecified atom stereocenters. The van der Waals surface area contributed by atoms with Crippen LogP contribution in [0.25, 0.3) is 0 Å². The zero-order valence-corrected chi connectivity index (χ0v) is 36.5. The van der Waals surface area contributed by atoms with Gasteiger partial charge in [0.15, 0.2) is 18.7 Å². The van der Waals surface area contributed by atoms with Crippen molar-refractivity contribution in [2.24, 2.45) is 0 Å². The molecule has 342 valence electrons. The lowest BCUT2D eigenvalue weighted by Gasteiger charge is -2.49. The van der Waals surface area contributed by atoms with Crippen molar-refractivity contribution in [3.05, 3.63) is 192 Å². The third kappa shape index (κ3) is 13.0. The standard InChI is InChI=1S/C52H56O13/c1-4-30-58-51-47(59-32-37-22-12-6-13-23-37)46(56-3)44(41(62-51)34-57-31-36-20-10-5-11-21-36)65-52-48(60-33-38-24-14-7-15-25-38)45(55-2)43(64-50(54)40-28-18-9-19-29-40)42(63-52)35-61-49(53)39-26-16-8-17-27-39/h4-29,41-48,51-52H,1,30-35H2,2-3H3/t41-,42-,43-,44-,45+,46+,47+,48+,51+,52-/m1/s1. The van der Waals surface area contributed by atoms with Gasteiger partial charge >= 0.3 is 11.9 Å². The Hall–Kier alpha value is -5.58. The van der Waals surface area contributed by atoms with Gasteiger partial charge in [-0.1, -0.05) is 133 Å². The van der Waals surface area contributed by atoms with E-state index in [4.69, 9.17) is 52.1 Å². The highest BCUT2D eigenvalue weighted by molar-refractivity contribution is 5.90. The molecule has 10 atom stereocenters. The van der Waals surface area contributed by atoms with E-state index in [1.807, 2.05) is 91.0 Å². The molecule has 13 nitrogen and oxygen atoms in total. The van der Waals surface area contributed by atoms with E-state index in [0.29, 0.717) is 11.1 Å². The SMILES string of the molecule is C=CCO[C@H]1O[C@H](COCc2ccccc2)[C@@H](O[C@H]2O[C@H](COC(=O)c3ccccc3)[C@@H](OC(=O)c3ccccc3)[C@H](OC)[C@@H]2OCc2ccccc2)[C@H](OC)[C@@H]1OCc1ccccc1. The number of carbonyl (C=O) groups excluding carboxylic acids is 2. The van der Waals surface area contributed by atoms with Crippen LogP contribution in [0.5, 0.6) is 0 Å². The van der Waals surface area contributed by atoms with Crippen molar-refractivity contribution in [2.45, 2.75) is 81.2 Å². The van der Waals surface area contributed by atoms with Gasteiger partial charge in [-0.2, -0.15) is 0 Å². The molecule has 0 N–H and O–H groups in total. The number of rotatable bonds is 22. The minimum Gasteiger partial charge on any atom is -0.459 e. The van der Waals surface area contributed by atoms with Crippen LogP contribution >= 0.6 is 0 Å². The number of benzene rings is 5. The molecule has 2 heterocycles. The Morgan fingerprint density at radius 1 is 0.508 bits per heavy atom. The first-order valence-electron chi connectivity index (χ1n) is 21.6. The predicted octanol–water partition coefficient (Wildman–Crippen LogP) is 7.52. The van der Waals surface area contributed by atoms with Crippen molar-refractivity contribution in [3.63, 3.8) is 0 Å². The summed E-state index contributed by atoms with van der Waals surface area (Å²) in [5.74, 6) is -1.24. The summed E-state index contributed by atoms with van der Waals surface area (Å²) in [6, 6.07) is 46.2. The van der Waals surface area contributed by atoms with E-state index in [0.717, 1.165) is 16.7 Å². The first kappa shape index (κ1) is 47.4. The van der Waals surface area contributed by atoms with Gasteiger partial charge in [-0.25, -0.2) is 9.59 Å². The molecule has 0 saturated carbocycles. The van der Waals surface area contributed by atoms with Gasteiger partial charge in [0.25, 0.3) is 0 Å². The molecular weight excluding hydrogens is 833 g/mol. The summed E-state index contributed by atoms with van der Waals surface area (Å²) in [6.45, 7) is 4.32. The highest BCUT2D eigenvalue weighted by Crippen LogP contribution is 2.36. The molecule has 5 aromatic rings. The highest BCUT2D eigenvalue weighted by atomic mass is 16.8. The Balaban J connectivity index is 1.24.